The summed E-state index contributed by atoms with van der Waals surface area (Å²) in [5.74, 6) is 1.13. The molecule has 0 saturated carbocycles. The third-order valence-electron chi connectivity index (χ3n) is 4.53. The van der Waals surface area contributed by atoms with E-state index in [0.717, 1.165) is 24.5 Å². The van der Waals surface area contributed by atoms with Crippen molar-refractivity contribution in [3.8, 4) is 0 Å². The summed E-state index contributed by atoms with van der Waals surface area (Å²) in [7, 11) is 0. The van der Waals surface area contributed by atoms with Gasteiger partial charge in [0.15, 0.2) is 0 Å². The van der Waals surface area contributed by atoms with Crippen LogP contribution in [0.3, 0.4) is 0 Å². The SMILES string of the molecule is Cc1nccn1CCN1CCCC1C1CCCN1. The molecule has 2 atom stereocenters. The Kier molecular flexibility index (Phi) is 3.66. The number of aromatic nitrogens is 2. The summed E-state index contributed by atoms with van der Waals surface area (Å²) in [5, 5.41) is 3.67. The largest absolute Gasteiger partial charge is 0.334 e. The van der Waals surface area contributed by atoms with Gasteiger partial charge in [-0.05, 0) is 45.7 Å². The van der Waals surface area contributed by atoms with Gasteiger partial charge in [0.05, 0.1) is 0 Å². The molecule has 0 amide bonds. The minimum absolute atomic E-state index is 0.747. The van der Waals surface area contributed by atoms with Gasteiger partial charge in [0.25, 0.3) is 0 Å². The van der Waals surface area contributed by atoms with Crippen LogP contribution in [0.5, 0.6) is 0 Å². The van der Waals surface area contributed by atoms with E-state index in [2.05, 4.69) is 32.9 Å². The fourth-order valence-corrected chi connectivity index (χ4v) is 3.50. The average Bonchev–Trinajstić information content (AvgIpc) is 3.07. The predicted octanol–water partition coefficient (Wildman–Crippen LogP) is 1.41. The second kappa shape index (κ2) is 5.41. The molecule has 0 aliphatic carbocycles. The highest BCUT2D eigenvalue weighted by Gasteiger charge is 2.32. The lowest BCUT2D eigenvalue weighted by atomic mass is 10.0. The average molecular weight is 248 g/mol. The molecule has 100 valence electrons. The van der Waals surface area contributed by atoms with E-state index < -0.39 is 0 Å². The van der Waals surface area contributed by atoms with Crippen LogP contribution in [0.25, 0.3) is 0 Å². The molecular formula is C14H24N4. The third-order valence-corrected chi connectivity index (χ3v) is 4.53. The number of imidazole rings is 1. The predicted molar refractivity (Wildman–Crippen MR) is 72.6 cm³/mol. The van der Waals surface area contributed by atoms with Crippen LogP contribution in [0.4, 0.5) is 0 Å². The van der Waals surface area contributed by atoms with E-state index >= 15 is 0 Å². The van der Waals surface area contributed by atoms with Gasteiger partial charge in [0, 0.05) is 37.6 Å². The normalized spacial score (nSPS) is 29.2. The molecule has 2 aliphatic rings. The molecule has 0 aromatic carbocycles. The maximum absolute atomic E-state index is 4.29. The Morgan fingerprint density at radius 2 is 2.28 bits per heavy atom. The van der Waals surface area contributed by atoms with Crippen molar-refractivity contribution in [2.75, 3.05) is 19.6 Å². The lowest BCUT2D eigenvalue weighted by Gasteiger charge is -2.29. The topological polar surface area (TPSA) is 33.1 Å². The van der Waals surface area contributed by atoms with Gasteiger partial charge in [-0.1, -0.05) is 0 Å². The molecule has 2 unspecified atom stereocenters. The first-order valence-corrected chi connectivity index (χ1v) is 7.30. The Bertz CT molecular complexity index is 381. The van der Waals surface area contributed by atoms with E-state index in [0.29, 0.717) is 0 Å². The van der Waals surface area contributed by atoms with Gasteiger partial charge in [0.1, 0.15) is 5.82 Å². The van der Waals surface area contributed by atoms with Crippen molar-refractivity contribution in [1.29, 1.82) is 0 Å². The second-order valence-electron chi connectivity index (χ2n) is 5.62. The molecule has 1 N–H and O–H groups in total. The first-order chi connectivity index (χ1) is 8.84. The summed E-state index contributed by atoms with van der Waals surface area (Å²) in [6, 6.07) is 1.52. The quantitative estimate of drug-likeness (QED) is 0.874. The summed E-state index contributed by atoms with van der Waals surface area (Å²) in [4.78, 5) is 6.97. The van der Waals surface area contributed by atoms with Gasteiger partial charge in [-0.25, -0.2) is 4.98 Å². The first-order valence-electron chi connectivity index (χ1n) is 7.30. The zero-order chi connectivity index (χ0) is 12.4. The monoisotopic (exact) mass is 248 g/mol. The molecule has 1 aromatic heterocycles. The zero-order valence-corrected chi connectivity index (χ0v) is 11.3. The molecule has 2 aliphatic heterocycles. The van der Waals surface area contributed by atoms with Crippen molar-refractivity contribution in [2.45, 2.75) is 51.2 Å². The van der Waals surface area contributed by atoms with Crippen molar-refractivity contribution >= 4 is 0 Å². The lowest BCUT2D eigenvalue weighted by molar-refractivity contribution is 0.206. The Labute approximate surface area is 109 Å². The molecule has 0 bridgehead atoms. The van der Waals surface area contributed by atoms with Crippen LogP contribution in [0.2, 0.25) is 0 Å². The van der Waals surface area contributed by atoms with Crippen molar-refractivity contribution < 1.29 is 0 Å². The van der Waals surface area contributed by atoms with Crippen LogP contribution in [-0.2, 0) is 6.54 Å². The van der Waals surface area contributed by atoms with E-state index in [-0.39, 0.29) is 0 Å². The Morgan fingerprint density at radius 3 is 3.00 bits per heavy atom. The summed E-state index contributed by atoms with van der Waals surface area (Å²) >= 11 is 0. The van der Waals surface area contributed by atoms with Crippen molar-refractivity contribution in [3.63, 3.8) is 0 Å². The maximum Gasteiger partial charge on any atom is 0.105 e. The van der Waals surface area contributed by atoms with Gasteiger partial charge >= 0.3 is 0 Å². The lowest BCUT2D eigenvalue weighted by Crippen LogP contribution is -2.44. The van der Waals surface area contributed by atoms with E-state index in [1.54, 1.807) is 0 Å². The summed E-state index contributed by atoms with van der Waals surface area (Å²) in [6.07, 6.45) is 9.46. The minimum atomic E-state index is 0.747. The van der Waals surface area contributed by atoms with E-state index in [1.165, 1.54) is 45.3 Å². The van der Waals surface area contributed by atoms with Crippen molar-refractivity contribution in [3.05, 3.63) is 18.2 Å². The van der Waals surface area contributed by atoms with Gasteiger partial charge < -0.3 is 9.88 Å². The van der Waals surface area contributed by atoms with Crippen molar-refractivity contribution in [1.82, 2.24) is 19.8 Å². The van der Waals surface area contributed by atoms with Crippen LogP contribution in [0.15, 0.2) is 12.4 Å². The summed E-state index contributed by atoms with van der Waals surface area (Å²) < 4.78 is 2.26. The molecule has 4 heteroatoms. The molecule has 0 radical (unpaired) electrons. The Balaban J connectivity index is 1.56. The van der Waals surface area contributed by atoms with Crippen LogP contribution < -0.4 is 5.32 Å². The van der Waals surface area contributed by atoms with Crippen LogP contribution >= 0.6 is 0 Å². The molecule has 2 fully saturated rings. The molecule has 0 spiro atoms. The molecule has 18 heavy (non-hydrogen) atoms. The summed E-state index contributed by atoms with van der Waals surface area (Å²) in [5.41, 5.74) is 0. The molecule has 2 saturated heterocycles. The molecule has 4 nitrogen and oxygen atoms in total. The highest BCUT2D eigenvalue weighted by atomic mass is 15.2. The Hall–Kier alpha value is -0.870. The minimum Gasteiger partial charge on any atom is -0.334 e. The standard InChI is InChI=1S/C14H24N4/c1-12-15-7-9-17(12)10-11-18-8-3-5-14(18)13-4-2-6-16-13/h7,9,13-14,16H,2-6,8,10-11H2,1H3. The van der Waals surface area contributed by atoms with E-state index in [1.807, 2.05) is 6.20 Å². The van der Waals surface area contributed by atoms with Crippen LogP contribution in [0.1, 0.15) is 31.5 Å². The highest BCUT2D eigenvalue weighted by Crippen LogP contribution is 2.24. The second-order valence-corrected chi connectivity index (χ2v) is 5.62. The molecular weight excluding hydrogens is 224 g/mol. The van der Waals surface area contributed by atoms with E-state index in [4.69, 9.17) is 0 Å². The van der Waals surface area contributed by atoms with Gasteiger partial charge in [-0.3, -0.25) is 4.90 Å². The van der Waals surface area contributed by atoms with E-state index in [9.17, 15) is 0 Å². The Morgan fingerprint density at radius 1 is 1.33 bits per heavy atom. The zero-order valence-electron chi connectivity index (χ0n) is 11.3. The number of nitrogens with one attached hydrogen (secondary N) is 1. The first kappa shape index (κ1) is 12.2. The van der Waals surface area contributed by atoms with Gasteiger partial charge in [0.2, 0.25) is 0 Å². The third kappa shape index (κ3) is 2.45. The van der Waals surface area contributed by atoms with Gasteiger partial charge in [-0.2, -0.15) is 0 Å². The smallest absolute Gasteiger partial charge is 0.105 e. The number of rotatable bonds is 4. The highest BCUT2D eigenvalue weighted by molar-refractivity contribution is 4.93. The molecule has 1 aromatic rings. The van der Waals surface area contributed by atoms with Crippen LogP contribution in [-0.4, -0.2) is 46.2 Å². The van der Waals surface area contributed by atoms with Crippen LogP contribution in [0, 0.1) is 6.92 Å². The number of nitrogens with zero attached hydrogens (tertiary/aromatic N) is 3. The number of aryl methyl sites for hydroxylation is 1. The number of hydrogen-bond donors (Lipinski definition) is 1. The summed E-state index contributed by atoms with van der Waals surface area (Å²) in [6.45, 7) is 6.82. The fraction of sp³-hybridized carbons (Fsp3) is 0.786. The maximum atomic E-state index is 4.29. The van der Waals surface area contributed by atoms with Gasteiger partial charge in [-0.15, -0.1) is 0 Å². The van der Waals surface area contributed by atoms with Crippen molar-refractivity contribution in [2.24, 2.45) is 0 Å². The number of hydrogen-bond acceptors (Lipinski definition) is 3. The fourth-order valence-electron chi connectivity index (χ4n) is 3.50. The number of likely N-dealkylation sites (tertiary alicyclic amines) is 1. The molecule has 3 heterocycles. The molecule has 3 rings (SSSR count).